The van der Waals surface area contributed by atoms with Crippen LogP contribution in [0.3, 0.4) is 0 Å². The van der Waals surface area contributed by atoms with E-state index in [1.54, 1.807) is 0 Å². The van der Waals surface area contributed by atoms with E-state index in [1.807, 2.05) is 60.7 Å². The molecular weight excluding hydrogens is 765 g/mol. The zero-order valence-corrected chi connectivity index (χ0v) is 39.3. The Hall–Kier alpha value is -4.98. The molecule has 8 heteroatoms. The number of aliphatic hydroxyl groups excluding tert-OH is 2. The van der Waals surface area contributed by atoms with Gasteiger partial charge in [0.25, 0.3) is 0 Å². The molecule has 0 radical (unpaired) electrons. The number of rotatable bonds is 14. The zero-order chi connectivity index (χ0) is 45.6. The average molecular weight is 837 g/mol. The molecule has 2 unspecified atom stereocenters. The fourth-order valence-corrected chi connectivity index (χ4v) is 7.68. The minimum absolute atomic E-state index is 0.0130. The van der Waals surface area contributed by atoms with Gasteiger partial charge in [0.1, 0.15) is 49.4 Å². The number of carbonyl (C=O) groups excluding carboxylic acids is 2. The lowest BCUT2D eigenvalue weighted by Gasteiger charge is -2.35. The zero-order valence-electron chi connectivity index (χ0n) is 39.3. The smallest absolute Gasteiger partial charge is 0.330 e. The molecule has 0 amide bonds. The number of hydrogen-bond donors (Lipinski definition) is 2. The van der Waals surface area contributed by atoms with Crippen LogP contribution in [0.4, 0.5) is 0 Å². The number of allylic oxidation sites excluding steroid dienone is 8. The number of benzene rings is 2. The molecule has 0 aromatic heterocycles. The van der Waals surface area contributed by atoms with Crippen LogP contribution in [-0.4, -0.2) is 48.6 Å². The highest BCUT2D eigenvalue weighted by Gasteiger charge is 2.34. The minimum atomic E-state index is -0.427. The summed E-state index contributed by atoms with van der Waals surface area (Å²) < 4.78 is 22.6. The van der Waals surface area contributed by atoms with Gasteiger partial charge in [-0.3, -0.25) is 0 Å². The van der Waals surface area contributed by atoms with Crippen LogP contribution in [0.5, 0.6) is 11.5 Å². The van der Waals surface area contributed by atoms with Crippen molar-refractivity contribution in [2.45, 2.75) is 115 Å². The highest BCUT2D eigenvalue weighted by molar-refractivity contribution is 5.82. The summed E-state index contributed by atoms with van der Waals surface area (Å²) >= 11 is 0. The fraction of sp³-hybridized carbons (Fsp3) is 0.509. The Morgan fingerprint density at radius 2 is 0.852 bits per heavy atom. The summed E-state index contributed by atoms with van der Waals surface area (Å²) in [5.74, 6) is 1.24. The van der Waals surface area contributed by atoms with Crippen molar-refractivity contribution in [3.05, 3.63) is 130 Å². The van der Waals surface area contributed by atoms with E-state index in [-0.39, 0.29) is 65.3 Å². The number of hydrogen-bond acceptors (Lipinski definition) is 8. The summed E-state index contributed by atoms with van der Waals surface area (Å²) in [6, 6.07) is 15.8. The maximum atomic E-state index is 12.6. The molecular formula is C53H72O8. The Bertz CT molecular complexity index is 1890. The topological polar surface area (TPSA) is 112 Å². The van der Waals surface area contributed by atoms with Gasteiger partial charge >= 0.3 is 11.9 Å². The van der Waals surface area contributed by atoms with E-state index in [0.717, 1.165) is 33.4 Å². The maximum Gasteiger partial charge on any atom is 0.330 e. The first kappa shape index (κ1) is 48.7. The van der Waals surface area contributed by atoms with Crippen molar-refractivity contribution in [1.29, 1.82) is 0 Å². The van der Waals surface area contributed by atoms with E-state index in [2.05, 4.69) is 109 Å². The van der Waals surface area contributed by atoms with Crippen LogP contribution < -0.4 is 9.47 Å². The van der Waals surface area contributed by atoms with Crippen molar-refractivity contribution in [3.8, 4) is 11.5 Å². The molecule has 0 saturated heterocycles. The Balaban J connectivity index is 1.21. The molecule has 2 atom stereocenters. The Morgan fingerprint density at radius 1 is 0.525 bits per heavy atom. The molecule has 2 aliphatic carbocycles. The van der Waals surface area contributed by atoms with Crippen LogP contribution >= 0.6 is 0 Å². The van der Waals surface area contributed by atoms with E-state index in [4.69, 9.17) is 18.9 Å². The van der Waals surface area contributed by atoms with Crippen LogP contribution in [0, 0.1) is 33.5 Å². The van der Waals surface area contributed by atoms with Crippen molar-refractivity contribution in [1.82, 2.24) is 0 Å². The lowest BCUT2D eigenvalue weighted by molar-refractivity contribution is -0.139. The highest BCUT2D eigenvalue weighted by atomic mass is 16.6. The summed E-state index contributed by atoms with van der Waals surface area (Å²) in [6.07, 6.45) is 12.1. The van der Waals surface area contributed by atoms with Gasteiger partial charge in [0.2, 0.25) is 0 Å². The largest absolute Gasteiger partial charge is 0.508 e. The molecule has 0 spiro atoms. The molecule has 0 fully saturated rings. The molecule has 2 aromatic carbocycles. The first-order valence-corrected chi connectivity index (χ1v) is 21.6. The van der Waals surface area contributed by atoms with Crippen LogP contribution in [-0.2, 0) is 24.5 Å². The van der Waals surface area contributed by atoms with Crippen LogP contribution in [0.2, 0.25) is 0 Å². The average Bonchev–Trinajstić information content (AvgIpc) is 3.16. The second-order valence-electron chi connectivity index (χ2n) is 21.0. The molecule has 332 valence electrons. The minimum Gasteiger partial charge on any atom is -0.508 e. The highest BCUT2D eigenvalue weighted by Crippen LogP contribution is 2.45. The third kappa shape index (κ3) is 13.5. The second kappa shape index (κ2) is 19.4. The number of ether oxygens (including phenoxy) is 4. The third-order valence-corrected chi connectivity index (χ3v) is 11.5. The normalized spacial score (nSPS) is 18.3. The van der Waals surface area contributed by atoms with Crippen molar-refractivity contribution < 1.29 is 38.7 Å². The predicted octanol–water partition coefficient (Wildman–Crippen LogP) is 12.7. The first-order valence-electron chi connectivity index (χ1n) is 21.6. The summed E-state index contributed by atoms with van der Waals surface area (Å²) in [4.78, 5) is 25.1. The molecule has 2 aliphatic rings. The molecule has 0 heterocycles. The maximum absolute atomic E-state index is 12.6. The Morgan fingerprint density at radius 3 is 1.15 bits per heavy atom. The first-order chi connectivity index (χ1) is 28.2. The summed E-state index contributed by atoms with van der Waals surface area (Å²) in [6.45, 7) is 30.1. The molecule has 0 saturated carbocycles. The van der Waals surface area contributed by atoms with Gasteiger partial charge in [-0.1, -0.05) is 146 Å². The second-order valence-corrected chi connectivity index (χ2v) is 21.0. The Kier molecular flexibility index (Phi) is 15.5. The van der Waals surface area contributed by atoms with Crippen molar-refractivity contribution in [2.24, 2.45) is 33.5 Å². The van der Waals surface area contributed by atoms with Crippen LogP contribution in [0.1, 0.15) is 121 Å². The lowest BCUT2D eigenvalue weighted by atomic mass is 9.71. The quantitative estimate of drug-likeness (QED) is 0.110. The van der Waals surface area contributed by atoms with Crippen molar-refractivity contribution >= 4 is 11.9 Å². The number of esters is 2. The number of carbonyl (C=O) groups is 2. The standard InChI is InChI=1S/C53H72O8/c1-49(2,3)41-31-35(32-42(47(41)56)50(4,5)6)15-25-45(54)60-29-27-58-39-21-17-37(18-22-39)53(13,14)38-19-23-40(24-20-38)59-28-30-61-46(55)26-16-36-33-43(51(7,8)9)48(57)44(34-36)52(10,11)12/h15-26,31,33,35-36,56-57H,27-30,32,34H2,1-14H3. The van der Waals surface area contributed by atoms with Gasteiger partial charge in [0.15, 0.2) is 0 Å². The molecule has 8 nitrogen and oxygen atoms in total. The van der Waals surface area contributed by atoms with E-state index < -0.39 is 11.9 Å². The third-order valence-electron chi connectivity index (χ3n) is 11.5. The SMILES string of the molecule is CC(C)(C)C1=CC(C=CC(=O)OCCOc2ccc(C(C)(C)c3ccc(OCCOC(=O)C=CC4C=C(C(C)(C)C)C(O)=C(C(C)(C)C)C4)cc3)cc2)CC(C(C)(C)C)=C1O. The van der Waals surface area contributed by atoms with Gasteiger partial charge in [-0.05, 0) is 104 Å². The molecule has 4 rings (SSSR count). The lowest BCUT2D eigenvalue weighted by Crippen LogP contribution is -2.24. The van der Waals surface area contributed by atoms with E-state index >= 15 is 0 Å². The molecule has 0 bridgehead atoms. The van der Waals surface area contributed by atoms with E-state index in [0.29, 0.717) is 35.9 Å². The number of aliphatic hydroxyl groups is 2. The van der Waals surface area contributed by atoms with Gasteiger partial charge in [-0.25, -0.2) is 9.59 Å². The molecule has 2 N–H and O–H groups in total. The van der Waals surface area contributed by atoms with Crippen LogP contribution in [0.25, 0.3) is 0 Å². The molecule has 61 heavy (non-hydrogen) atoms. The van der Waals surface area contributed by atoms with Gasteiger partial charge < -0.3 is 29.2 Å². The summed E-state index contributed by atoms with van der Waals surface area (Å²) in [7, 11) is 0. The van der Waals surface area contributed by atoms with Gasteiger partial charge in [-0.2, -0.15) is 0 Å². The monoisotopic (exact) mass is 837 g/mol. The van der Waals surface area contributed by atoms with Crippen molar-refractivity contribution in [2.75, 3.05) is 26.4 Å². The van der Waals surface area contributed by atoms with Crippen molar-refractivity contribution in [3.63, 3.8) is 0 Å². The fourth-order valence-electron chi connectivity index (χ4n) is 7.68. The Labute approximate surface area is 366 Å². The van der Waals surface area contributed by atoms with Gasteiger partial charge in [-0.15, -0.1) is 0 Å². The molecule has 0 aliphatic heterocycles. The molecule has 2 aromatic rings. The van der Waals surface area contributed by atoms with E-state index in [1.165, 1.54) is 12.2 Å². The summed E-state index contributed by atoms with van der Waals surface area (Å²) in [5.41, 5.74) is 4.86. The summed E-state index contributed by atoms with van der Waals surface area (Å²) in [5, 5.41) is 22.0. The van der Waals surface area contributed by atoms with Crippen LogP contribution in [0.15, 0.2) is 119 Å². The van der Waals surface area contributed by atoms with E-state index in [9.17, 15) is 19.8 Å². The predicted molar refractivity (Wildman–Crippen MR) is 246 cm³/mol. The van der Waals surface area contributed by atoms with Gasteiger partial charge in [0.05, 0.1) is 0 Å². The van der Waals surface area contributed by atoms with Gasteiger partial charge in [0, 0.05) is 17.6 Å².